The summed E-state index contributed by atoms with van der Waals surface area (Å²) in [6.07, 6.45) is 28.4. The molecule has 0 aliphatic heterocycles. The van der Waals surface area contributed by atoms with Gasteiger partial charge in [-0.1, -0.05) is 88.0 Å². The van der Waals surface area contributed by atoms with E-state index in [2.05, 4.69) is 86.8 Å². The molecule has 0 amide bonds. The first-order valence-corrected chi connectivity index (χ1v) is 12.9. The second kappa shape index (κ2) is 29.6. The zero-order valence-electron chi connectivity index (χ0n) is 22.4. The third kappa shape index (κ3) is 31.6. The zero-order chi connectivity index (χ0) is 26.4. The van der Waals surface area contributed by atoms with Crippen LogP contribution in [-0.2, 0) is 19.1 Å². The minimum atomic E-state index is -0.813. The van der Waals surface area contributed by atoms with E-state index in [1.807, 2.05) is 0 Å². The molecular formula is C29H49NO5. The van der Waals surface area contributed by atoms with E-state index in [9.17, 15) is 14.7 Å². The van der Waals surface area contributed by atoms with Crippen LogP contribution in [0.1, 0.15) is 85.0 Å². The van der Waals surface area contributed by atoms with Crippen LogP contribution < -0.4 is 5.32 Å². The van der Waals surface area contributed by atoms with Crippen LogP contribution in [0.25, 0.3) is 0 Å². The standard InChI is InChI=1S/C26H41NO5.C3H8/c1-3-4-5-6-7-8-9-10-11-12-13-14-15-16-17-18-19-20-25(29)31-23-32-26(30)21-24(28)22-27-2;1-3-2/h4-5,7-8,10-11,13-14,16-17,24,27-28H,3,6,9,12,15,18-23H2,1-2H3;3H2,1-2H3/b5-4-,8-7-,11-10-,14-13-,17-16-;. The molecule has 0 saturated carbocycles. The summed E-state index contributed by atoms with van der Waals surface area (Å²) in [5.41, 5.74) is 0. The average molecular weight is 492 g/mol. The van der Waals surface area contributed by atoms with Gasteiger partial charge in [0.2, 0.25) is 6.79 Å². The fraction of sp³-hybridized carbons (Fsp3) is 0.586. The topological polar surface area (TPSA) is 84.9 Å². The monoisotopic (exact) mass is 491 g/mol. The fourth-order valence-electron chi connectivity index (χ4n) is 2.53. The summed E-state index contributed by atoms with van der Waals surface area (Å²) in [4.78, 5) is 23.0. The predicted octanol–water partition coefficient (Wildman–Crippen LogP) is 6.34. The number of unbranched alkanes of at least 4 members (excludes halogenated alkanes) is 1. The van der Waals surface area contributed by atoms with Crippen LogP contribution in [0.2, 0.25) is 0 Å². The van der Waals surface area contributed by atoms with Crippen molar-refractivity contribution in [3.63, 3.8) is 0 Å². The molecular weight excluding hydrogens is 442 g/mol. The molecule has 200 valence electrons. The third-order valence-corrected chi connectivity index (χ3v) is 4.19. The van der Waals surface area contributed by atoms with Gasteiger partial charge >= 0.3 is 11.9 Å². The lowest BCUT2D eigenvalue weighted by molar-refractivity contribution is -0.168. The number of hydrogen-bond acceptors (Lipinski definition) is 6. The number of hydrogen-bond donors (Lipinski definition) is 2. The first kappa shape index (κ1) is 34.7. The molecule has 2 N–H and O–H groups in total. The van der Waals surface area contributed by atoms with Gasteiger partial charge in [-0.05, 0) is 52.0 Å². The molecule has 6 heteroatoms. The molecule has 0 radical (unpaired) electrons. The van der Waals surface area contributed by atoms with Gasteiger partial charge in [0.1, 0.15) is 0 Å². The number of ether oxygens (including phenoxy) is 2. The van der Waals surface area contributed by atoms with Crippen LogP contribution in [0.3, 0.4) is 0 Å². The van der Waals surface area contributed by atoms with Crippen molar-refractivity contribution in [2.75, 3.05) is 20.4 Å². The summed E-state index contributed by atoms with van der Waals surface area (Å²) in [7, 11) is 1.68. The summed E-state index contributed by atoms with van der Waals surface area (Å²) in [6, 6.07) is 0. The van der Waals surface area contributed by atoms with Crippen molar-refractivity contribution >= 4 is 11.9 Å². The molecule has 6 nitrogen and oxygen atoms in total. The van der Waals surface area contributed by atoms with Crippen LogP contribution in [0, 0.1) is 0 Å². The molecule has 0 bridgehead atoms. The molecule has 0 rings (SSSR count). The van der Waals surface area contributed by atoms with Gasteiger partial charge in [-0.2, -0.15) is 0 Å². The van der Waals surface area contributed by atoms with E-state index in [1.165, 1.54) is 6.42 Å². The van der Waals surface area contributed by atoms with Gasteiger partial charge in [0.15, 0.2) is 0 Å². The van der Waals surface area contributed by atoms with E-state index in [4.69, 9.17) is 9.47 Å². The minimum absolute atomic E-state index is 0.136. The summed E-state index contributed by atoms with van der Waals surface area (Å²) in [5, 5.41) is 12.2. The number of aliphatic hydroxyl groups excluding tert-OH is 1. The van der Waals surface area contributed by atoms with Gasteiger partial charge in [0, 0.05) is 13.0 Å². The SMILES string of the molecule is CC/C=C\C/C=C\C/C=C\C/C=C\C/C=C\CCCC(=O)OCOC(=O)CC(O)CNC.CCC. The van der Waals surface area contributed by atoms with Crippen molar-refractivity contribution in [3.05, 3.63) is 60.8 Å². The molecule has 0 aliphatic carbocycles. The maximum absolute atomic E-state index is 11.6. The molecule has 0 aromatic heterocycles. The van der Waals surface area contributed by atoms with Crippen LogP contribution >= 0.6 is 0 Å². The quantitative estimate of drug-likeness (QED) is 0.0949. The molecule has 0 saturated heterocycles. The second-order valence-corrected chi connectivity index (χ2v) is 7.87. The number of carbonyl (C=O) groups excluding carboxylic acids is 2. The molecule has 1 unspecified atom stereocenters. The van der Waals surface area contributed by atoms with Gasteiger partial charge in [0.25, 0.3) is 0 Å². The lowest BCUT2D eigenvalue weighted by Gasteiger charge is -2.09. The van der Waals surface area contributed by atoms with Gasteiger partial charge in [-0.15, -0.1) is 0 Å². The number of nitrogens with one attached hydrogen (secondary N) is 1. The van der Waals surface area contributed by atoms with E-state index in [0.717, 1.165) is 38.5 Å². The zero-order valence-corrected chi connectivity index (χ0v) is 22.4. The fourth-order valence-corrected chi connectivity index (χ4v) is 2.53. The van der Waals surface area contributed by atoms with E-state index in [1.54, 1.807) is 7.05 Å². The van der Waals surface area contributed by atoms with Crippen molar-refractivity contribution in [2.45, 2.75) is 91.1 Å². The third-order valence-electron chi connectivity index (χ3n) is 4.19. The van der Waals surface area contributed by atoms with Crippen molar-refractivity contribution in [1.82, 2.24) is 5.32 Å². The lowest BCUT2D eigenvalue weighted by atomic mass is 10.2. The second-order valence-electron chi connectivity index (χ2n) is 7.87. The Morgan fingerprint density at radius 1 is 0.771 bits per heavy atom. The predicted molar refractivity (Wildman–Crippen MR) is 146 cm³/mol. The van der Waals surface area contributed by atoms with E-state index in [0.29, 0.717) is 13.0 Å². The average Bonchev–Trinajstić information content (AvgIpc) is 2.81. The van der Waals surface area contributed by atoms with E-state index in [-0.39, 0.29) is 12.8 Å². The molecule has 0 aromatic rings. The maximum atomic E-state index is 11.6. The normalized spacial score (nSPS) is 12.6. The number of esters is 2. The van der Waals surface area contributed by atoms with Crippen LogP contribution in [0.15, 0.2) is 60.8 Å². The molecule has 0 spiro atoms. The molecule has 35 heavy (non-hydrogen) atoms. The molecule has 0 heterocycles. The van der Waals surface area contributed by atoms with Crippen LogP contribution in [-0.4, -0.2) is 43.5 Å². The highest BCUT2D eigenvalue weighted by Gasteiger charge is 2.11. The van der Waals surface area contributed by atoms with Crippen molar-refractivity contribution in [1.29, 1.82) is 0 Å². The highest BCUT2D eigenvalue weighted by molar-refractivity contribution is 5.71. The minimum Gasteiger partial charge on any atom is -0.428 e. The Morgan fingerprint density at radius 3 is 1.71 bits per heavy atom. The first-order chi connectivity index (χ1) is 17.0. The summed E-state index contributed by atoms with van der Waals surface area (Å²) >= 11 is 0. The Hall–Kier alpha value is -2.44. The first-order valence-electron chi connectivity index (χ1n) is 12.9. The number of carbonyl (C=O) groups is 2. The maximum Gasteiger partial charge on any atom is 0.311 e. The summed E-state index contributed by atoms with van der Waals surface area (Å²) < 4.78 is 9.62. The van der Waals surface area contributed by atoms with Crippen LogP contribution in [0.5, 0.6) is 0 Å². The largest absolute Gasteiger partial charge is 0.428 e. The number of aliphatic hydroxyl groups is 1. The Kier molecular flexibility index (Phi) is 29.4. The molecule has 0 aromatic carbocycles. The van der Waals surface area contributed by atoms with Crippen molar-refractivity contribution in [2.24, 2.45) is 0 Å². The summed E-state index contributed by atoms with van der Waals surface area (Å²) in [5.74, 6) is -1.000. The molecule has 0 aliphatic rings. The smallest absolute Gasteiger partial charge is 0.311 e. The highest BCUT2D eigenvalue weighted by atomic mass is 16.7. The van der Waals surface area contributed by atoms with Gasteiger partial charge in [0.05, 0.1) is 12.5 Å². The Bertz CT molecular complexity index is 635. The van der Waals surface area contributed by atoms with E-state index < -0.39 is 24.8 Å². The Labute approximate surface area is 213 Å². The van der Waals surface area contributed by atoms with Crippen molar-refractivity contribution < 1.29 is 24.2 Å². The van der Waals surface area contributed by atoms with Crippen LogP contribution in [0.4, 0.5) is 0 Å². The Morgan fingerprint density at radius 2 is 1.23 bits per heavy atom. The number of likely N-dealkylation sites (N-methyl/N-ethyl adjacent to an activating group) is 1. The highest BCUT2D eigenvalue weighted by Crippen LogP contribution is 2.02. The van der Waals surface area contributed by atoms with Gasteiger partial charge in [-0.25, -0.2) is 0 Å². The number of allylic oxidation sites excluding steroid dienone is 10. The number of rotatable bonds is 19. The van der Waals surface area contributed by atoms with E-state index >= 15 is 0 Å². The molecule has 0 fully saturated rings. The van der Waals surface area contributed by atoms with Gasteiger partial charge < -0.3 is 19.9 Å². The Balaban J connectivity index is 0. The van der Waals surface area contributed by atoms with Crippen molar-refractivity contribution in [3.8, 4) is 0 Å². The summed E-state index contributed by atoms with van der Waals surface area (Å²) in [6.45, 7) is 6.27. The molecule has 1 atom stereocenters. The van der Waals surface area contributed by atoms with Gasteiger partial charge in [-0.3, -0.25) is 9.59 Å². The lowest BCUT2D eigenvalue weighted by Crippen LogP contribution is -2.27.